The third kappa shape index (κ3) is 5.07. The predicted octanol–water partition coefficient (Wildman–Crippen LogP) is 3.93. The van der Waals surface area contributed by atoms with Gasteiger partial charge in [0.1, 0.15) is 6.54 Å². The zero-order chi connectivity index (χ0) is 18.6. The van der Waals surface area contributed by atoms with Gasteiger partial charge in [0.2, 0.25) is 5.91 Å². The summed E-state index contributed by atoms with van der Waals surface area (Å²) in [5.74, 6) is -1.43. The topological polar surface area (TPSA) is 74.7 Å². The average molecular weight is 428 g/mol. The molecule has 5 nitrogen and oxygen atoms in total. The first-order chi connectivity index (χ1) is 11.8. The van der Waals surface area contributed by atoms with E-state index in [1.165, 1.54) is 4.90 Å². The number of carbonyl (C=O) groups excluding carboxylic acids is 2. The number of aliphatic carboxylic acids is 1. The highest BCUT2D eigenvalue weighted by Crippen LogP contribution is 2.32. The minimum absolute atomic E-state index is 0.0337. The molecule has 0 heterocycles. The highest BCUT2D eigenvalue weighted by Gasteiger charge is 2.27. The lowest BCUT2D eigenvalue weighted by atomic mass is 10.1. The highest BCUT2D eigenvalue weighted by atomic mass is 79.9. The van der Waals surface area contributed by atoms with Gasteiger partial charge < -0.3 is 5.11 Å². The maximum atomic E-state index is 12.7. The number of carbonyl (C=O) groups is 3. The summed E-state index contributed by atoms with van der Waals surface area (Å²) in [4.78, 5) is 37.4. The highest BCUT2D eigenvalue weighted by molar-refractivity contribution is 9.10. The van der Waals surface area contributed by atoms with Gasteiger partial charge >= 0.3 is 5.97 Å². The van der Waals surface area contributed by atoms with Crippen LogP contribution in [0.1, 0.15) is 36.8 Å². The van der Waals surface area contributed by atoms with Crippen LogP contribution in [-0.4, -0.2) is 34.4 Å². The van der Waals surface area contributed by atoms with Gasteiger partial charge in [0.15, 0.2) is 5.12 Å². The first-order valence-electron chi connectivity index (χ1n) is 8.25. The van der Waals surface area contributed by atoms with E-state index < -0.39 is 12.5 Å². The van der Waals surface area contributed by atoms with Crippen LogP contribution in [0, 0.1) is 19.8 Å². The Morgan fingerprint density at radius 3 is 2.48 bits per heavy atom. The van der Waals surface area contributed by atoms with Crippen molar-refractivity contribution in [3.8, 4) is 0 Å². The summed E-state index contributed by atoms with van der Waals surface area (Å²) in [5.41, 5.74) is 2.22. The van der Waals surface area contributed by atoms with Gasteiger partial charge in [-0.1, -0.05) is 46.6 Å². The summed E-state index contributed by atoms with van der Waals surface area (Å²) >= 11 is 4.44. The summed E-state index contributed by atoms with van der Waals surface area (Å²) in [7, 11) is 0. The van der Waals surface area contributed by atoms with Crippen LogP contribution >= 0.6 is 27.7 Å². The van der Waals surface area contributed by atoms with Crippen molar-refractivity contribution in [3.05, 3.63) is 27.7 Å². The van der Waals surface area contributed by atoms with Crippen LogP contribution in [0.2, 0.25) is 0 Å². The molecule has 1 aliphatic carbocycles. The number of nitrogens with zero attached hydrogens (tertiary/aromatic N) is 1. The van der Waals surface area contributed by atoms with Gasteiger partial charge in [0.25, 0.3) is 0 Å². The van der Waals surface area contributed by atoms with Crippen LogP contribution in [0.25, 0.3) is 0 Å². The van der Waals surface area contributed by atoms with Crippen molar-refractivity contribution in [1.82, 2.24) is 0 Å². The Kier molecular flexibility index (Phi) is 7.07. The SMILES string of the molecule is Cc1ccc(Br)c(C)c1N(CC(=O)O)C(=O)CSC(=O)C1CCCC1. The standard InChI is InChI=1S/C18H22BrNO4S/c1-11-7-8-14(19)12(2)17(11)20(9-16(22)23)15(21)10-25-18(24)13-5-3-4-6-13/h7-8,13H,3-6,9-10H2,1-2H3,(H,22,23). The van der Waals surface area contributed by atoms with E-state index in [-0.39, 0.29) is 22.7 Å². The van der Waals surface area contributed by atoms with Gasteiger partial charge in [-0.25, -0.2) is 0 Å². The number of carboxylic acids is 1. The number of hydrogen-bond donors (Lipinski definition) is 1. The molecule has 136 valence electrons. The van der Waals surface area contributed by atoms with Gasteiger partial charge in [0.05, 0.1) is 11.4 Å². The lowest BCUT2D eigenvalue weighted by Crippen LogP contribution is -2.38. The Labute approximate surface area is 160 Å². The number of hydrogen-bond acceptors (Lipinski definition) is 4. The van der Waals surface area contributed by atoms with E-state index in [4.69, 9.17) is 0 Å². The monoisotopic (exact) mass is 427 g/mol. The molecule has 0 aliphatic heterocycles. The number of thioether (sulfide) groups is 1. The third-order valence-corrected chi connectivity index (χ3v) is 6.33. The second kappa shape index (κ2) is 8.85. The van der Waals surface area contributed by atoms with Crippen LogP contribution in [0.15, 0.2) is 16.6 Å². The van der Waals surface area contributed by atoms with Crippen molar-refractivity contribution in [1.29, 1.82) is 0 Å². The molecule has 0 radical (unpaired) electrons. The molecule has 0 spiro atoms. The van der Waals surface area contributed by atoms with E-state index in [9.17, 15) is 19.5 Å². The molecule has 0 bridgehead atoms. The normalized spacial score (nSPS) is 14.5. The molecule has 2 rings (SSSR count). The number of benzene rings is 1. The van der Waals surface area contributed by atoms with Crippen LogP contribution in [0.5, 0.6) is 0 Å². The lowest BCUT2D eigenvalue weighted by Gasteiger charge is -2.25. The zero-order valence-corrected chi connectivity index (χ0v) is 16.8. The first-order valence-corrected chi connectivity index (χ1v) is 10.0. The van der Waals surface area contributed by atoms with Crippen LogP contribution in [0.4, 0.5) is 5.69 Å². The maximum absolute atomic E-state index is 12.7. The second-order valence-electron chi connectivity index (χ2n) is 6.30. The van der Waals surface area contributed by atoms with Crippen molar-refractivity contribution < 1.29 is 19.5 Å². The molecule has 7 heteroatoms. The van der Waals surface area contributed by atoms with Crippen molar-refractivity contribution in [3.63, 3.8) is 0 Å². The van der Waals surface area contributed by atoms with E-state index in [1.807, 2.05) is 26.0 Å². The fraction of sp³-hybridized carbons (Fsp3) is 0.500. The maximum Gasteiger partial charge on any atom is 0.323 e. The fourth-order valence-electron chi connectivity index (χ4n) is 3.14. The smallest absolute Gasteiger partial charge is 0.323 e. The van der Waals surface area contributed by atoms with Gasteiger partial charge in [-0.2, -0.15) is 0 Å². The molecule has 0 saturated heterocycles. The van der Waals surface area contributed by atoms with Crippen LogP contribution in [-0.2, 0) is 14.4 Å². The van der Waals surface area contributed by atoms with Gasteiger partial charge in [-0.05, 0) is 43.9 Å². The molecule has 1 aromatic carbocycles. The Bertz CT molecular complexity index is 686. The molecule has 0 aromatic heterocycles. The van der Waals surface area contributed by atoms with Crippen molar-refractivity contribution in [2.75, 3.05) is 17.2 Å². The lowest BCUT2D eigenvalue weighted by molar-refractivity contribution is -0.136. The molecule has 1 amide bonds. The molecule has 25 heavy (non-hydrogen) atoms. The summed E-state index contributed by atoms with van der Waals surface area (Å²) in [6.45, 7) is 3.26. The van der Waals surface area contributed by atoms with E-state index in [2.05, 4.69) is 15.9 Å². The molecule has 1 aliphatic rings. The van der Waals surface area contributed by atoms with E-state index >= 15 is 0 Å². The molecule has 0 atom stereocenters. The zero-order valence-electron chi connectivity index (χ0n) is 14.4. The minimum atomic E-state index is -1.08. The quantitative estimate of drug-likeness (QED) is 0.743. The summed E-state index contributed by atoms with van der Waals surface area (Å²) in [6.07, 6.45) is 3.91. The fourth-order valence-corrected chi connectivity index (χ4v) is 4.36. The van der Waals surface area contributed by atoms with Crippen molar-refractivity contribution >= 4 is 50.4 Å². The summed E-state index contributed by atoms with van der Waals surface area (Å²) in [6, 6.07) is 3.71. The number of aryl methyl sites for hydroxylation is 1. The van der Waals surface area contributed by atoms with Gasteiger partial charge in [-0.3, -0.25) is 19.3 Å². The average Bonchev–Trinajstić information content (AvgIpc) is 3.09. The summed E-state index contributed by atoms with van der Waals surface area (Å²) < 4.78 is 0.811. The van der Waals surface area contributed by atoms with E-state index in [1.54, 1.807) is 0 Å². The molecular formula is C18H22BrNO4S. The van der Waals surface area contributed by atoms with Crippen LogP contribution in [0.3, 0.4) is 0 Å². The second-order valence-corrected chi connectivity index (χ2v) is 8.13. The van der Waals surface area contributed by atoms with Crippen molar-refractivity contribution in [2.45, 2.75) is 39.5 Å². The van der Waals surface area contributed by atoms with Gasteiger partial charge in [0, 0.05) is 10.4 Å². The number of halogens is 1. The number of rotatable bonds is 6. The largest absolute Gasteiger partial charge is 0.480 e. The Morgan fingerprint density at radius 1 is 1.24 bits per heavy atom. The Balaban J connectivity index is 2.16. The van der Waals surface area contributed by atoms with Crippen molar-refractivity contribution in [2.24, 2.45) is 5.92 Å². The van der Waals surface area contributed by atoms with E-state index in [0.29, 0.717) is 5.69 Å². The third-order valence-electron chi connectivity index (χ3n) is 4.46. The molecule has 1 saturated carbocycles. The predicted molar refractivity (Wildman–Crippen MR) is 103 cm³/mol. The Morgan fingerprint density at radius 2 is 1.88 bits per heavy atom. The minimum Gasteiger partial charge on any atom is -0.480 e. The number of anilines is 1. The molecular weight excluding hydrogens is 406 g/mol. The molecule has 1 N–H and O–H groups in total. The van der Waals surface area contributed by atoms with Gasteiger partial charge in [-0.15, -0.1) is 0 Å². The van der Waals surface area contributed by atoms with Crippen LogP contribution < -0.4 is 4.90 Å². The number of carboxylic acid groups (broad SMARTS) is 1. The Hall–Kier alpha value is -1.34. The first kappa shape index (κ1) is 20.0. The molecule has 0 unspecified atom stereocenters. The summed E-state index contributed by atoms with van der Waals surface area (Å²) in [5, 5.41) is 9.26. The number of amides is 1. The molecule has 1 aromatic rings. The molecule has 1 fully saturated rings. The van der Waals surface area contributed by atoms with E-state index in [0.717, 1.165) is 53.0 Å².